The number of nitrogens with zero attached hydrogens (tertiary/aromatic N) is 10. The number of carbonyl (C=O) groups excluding carboxylic acids is 8. The number of carboxylic acids is 2. The number of piperidine rings is 5. The van der Waals surface area contributed by atoms with E-state index in [9.17, 15) is 62.5 Å². The predicted molar refractivity (Wildman–Crippen MR) is 507 cm³/mol. The summed E-state index contributed by atoms with van der Waals surface area (Å²) in [6, 6.07) is 9.54. The van der Waals surface area contributed by atoms with Gasteiger partial charge in [-0.1, -0.05) is 31.6 Å². The number of anilines is 5. The number of hydrogen-bond donors (Lipinski definition) is 12. The zero-order valence-corrected chi connectivity index (χ0v) is 76.4. The molecule has 4 saturated carbocycles. The van der Waals surface area contributed by atoms with Crippen LogP contribution in [0.1, 0.15) is 208 Å². The Hall–Kier alpha value is -14.2. The van der Waals surface area contributed by atoms with Gasteiger partial charge in [-0.25, -0.2) is 53.3 Å². The monoisotopic (exact) mass is 1840 g/mol. The van der Waals surface area contributed by atoms with Crippen molar-refractivity contribution < 1.29 is 76.8 Å². The molecule has 5 aliphatic heterocycles. The summed E-state index contributed by atoms with van der Waals surface area (Å²) in [5, 5.41) is 40.0. The second kappa shape index (κ2) is 43.2. The summed E-state index contributed by atoms with van der Waals surface area (Å²) in [4.78, 5) is 168. The minimum atomic E-state index is -1.36. The number of nitrogens with one attached hydrogen (secondary N) is 10. The zero-order chi connectivity index (χ0) is 95.1. The highest BCUT2D eigenvalue weighted by Crippen LogP contribution is 2.48. The molecule has 10 aromatic heterocycles. The Morgan fingerprint density at radius 1 is 0.430 bits per heavy atom. The van der Waals surface area contributed by atoms with E-state index in [-0.39, 0.29) is 114 Å². The number of terminal acetylenes is 3. The number of hydrogen-bond acceptors (Lipinski definition) is 23. The van der Waals surface area contributed by atoms with Crippen LogP contribution in [0.25, 0.3) is 55.2 Å². The molecule has 15 heterocycles. The molecule has 0 spiro atoms. The van der Waals surface area contributed by atoms with Crippen molar-refractivity contribution in [2.75, 3.05) is 105 Å². The summed E-state index contributed by atoms with van der Waals surface area (Å²) in [6.07, 6.45) is 47.7. The molecular formula is C99H117FN20O15. The number of aromatic carboxylic acids is 2. The van der Waals surface area contributed by atoms with Gasteiger partial charge < -0.3 is 100 Å². The third-order valence-corrected chi connectivity index (χ3v) is 26.5. The maximum absolute atomic E-state index is 14.0. The first-order valence-corrected chi connectivity index (χ1v) is 46.8. The van der Waals surface area contributed by atoms with E-state index in [0.717, 1.165) is 135 Å². The number of fused-ring (bicyclic) bond motifs is 5. The van der Waals surface area contributed by atoms with Gasteiger partial charge in [0.2, 0.25) is 29.5 Å². The number of H-pyrrole nitrogens is 5. The van der Waals surface area contributed by atoms with Crippen LogP contribution in [0.15, 0.2) is 92.3 Å². The number of amides is 5. The van der Waals surface area contributed by atoms with E-state index < -0.39 is 23.5 Å². The normalized spacial score (nSPS) is 21.8. The first-order valence-electron chi connectivity index (χ1n) is 46.8. The molecule has 135 heavy (non-hydrogen) atoms. The fourth-order valence-electron chi connectivity index (χ4n) is 18.0. The Bertz CT molecular complexity index is 6160. The number of rotatable bonds is 26. The highest BCUT2D eigenvalue weighted by Gasteiger charge is 2.57. The molecule has 9 atom stereocenters. The fraction of sp³-hybridized carbons (Fsp3) is 0.485. The molecule has 0 aromatic carbocycles. The predicted octanol–water partition coefficient (Wildman–Crippen LogP) is 12.8. The lowest BCUT2D eigenvalue weighted by atomic mass is 9.92. The van der Waals surface area contributed by atoms with Gasteiger partial charge >= 0.3 is 29.8 Å². The van der Waals surface area contributed by atoms with Gasteiger partial charge in [0, 0.05) is 190 Å². The Labute approximate surface area is 780 Å². The molecule has 19 rings (SSSR count). The van der Waals surface area contributed by atoms with Gasteiger partial charge in [-0.15, -0.1) is 19.3 Å². The lowest BCUT2D eigenvalue weighted by molar-refractivity contribution is -0.135. The molecule has 0 bridgehead atoms. The van der Waals surface area contributed by atoms with E-state index in [2.05, 4.69) is 108 Å². The van der Waals surface area contributed by atoms with Gasteiger partial charge in [0.1, 0.15) is 61.7 Å². The molecule has 710 valence electrons. The Balaban J connectivity index is 0.000000129. The van der Waals surface area contributed by atoms with E-state index in [4.69, 9.17) is 33.5 Å². The minimum Gasteiger partial charge on any atom is -0.478 e. The minimum absolute atomic E-state index is 0.0252. The molecule has 10 aromatic rings. The molecule has 35 nitrogen and oxygen atoms in total. The average molecular weight is 1850 g/mol. The summed E-state index contributed by atoms with van der Waals surface area (Å²) in [7, 11) is 0. The van der Waals surface area contributed by atoms with E-state index in [0.29, 0.717) is 177 Å². The lowest BCUT2D eigenvalue weighted by Crippen LogP contribution is -2.49. The van der Waals surface area contributed by atoms with Crippen molar-refractivity contribution in [3.8, 4) is 37.0 Å². The maximum atomic E-state index is 14.0. The Morgan fingerprint density at radius 2 is 0.748 bits per heavy atom. The van der Waals surface area contributed by atoms with Gasteiger partial charge in [0.15, 0.2) is 0 Å². The number of likely N-dealkylation sites (tertiary alicyclic amines) is 5. The highest BCUT2D eigenvalue weighted by molar-refractivity contribution is 6.08. The van der Waals surface area contributed by atoms with Crippen LogP contribution in [0.3, 0.4) is 0 Å². The summed E-state index contributed by atoms with van der Waals surface area (Å²) in [5.74, 6) is 5.20. The topological polar surface area (TPSA) is 459 Å². The Kier molecular flexibility index (Phi) is 30.5. The van der Waals surface area contributed by atoms with Crippen LogP contribution in [0.2, 0.25) is 0 Å². The largest absolute Gasteiger partial charge is 0.478 e. The summed E-state index contributed by atoms with van der Waals surface area (Å²) in [5.41, 5.74) is 6.74. The van der Waals surface area contributed by atoms with E-state index in [1.807, 2.05) is 36.2 Å². The van der Waals surface area contributed by atoms with Gasteiger partial charge in [-0.2, -0.15) is 0 Å². The third kappa shape index (κ3) is 23.7. The van der Waals surface area contributed by atoms with E-state index in [1.165, 1.54) is 19.3 Å². The molecule has 4 unspecified atom stereocenters. The number of carbonyl (C=O) groups is 10. The third-order valence-electron chi connectivity index (χ3n) is 26.5. The molecule has 0 radical (unpaired) electrons. The van der Waals surface area contributed by atoms with Crippen molar-refractivity contribution in [3.63, 3.8) is 0 Å². The second-order valence-electron chi connectivity index (χ2n) is 36.8. The number of carboxylic acid groups (broad SMARTS) is 2. The number of ether oxygens (including phenoxy) is 3. The van der Waals surface area contributed by atoms with Crippen molar-refractivity contribution in [3.05, 3.63) is 120 Å². The van der Waals surface area contributed by atoms with Crippen molar-refractivity contribution in [1.29, 1.82) is 0 Å². The molecule has 4 aliphatic carbocycles. The van der Waals surface area contributed by atoms with Crippen LogP contribution in [0, 0.1) is 66.6 Å². The number of esters is 3. The van der Waals surface area contributed by atoms with E-state index in [1.54, 1.807) is 75.1 Å². The number of aromatic nitrogens is 10. The van der Waals surface area contributed by atoms with Gasteiger partial charge in [-0.3, -0.25) is 24.0 Å². The summed E-state index contributed by atoms with van der Waals surface area (Å²) >= 11 is 0. The van der Waals surface area contributed by atoms with Crippen LogP contribution in [0.4, 0.5) is 32.8 Å². The number of aromatic amines is 5. The zero-order valence-electron chi connectivity index (χ0n) is 76.4. The SMILES string of the molecule is C#CCC(=O)N1CCC[C@@H](Nc2c(C(=O)O)cnc3[nH]ccc23)C1.C#CCC(=O)N1CCC[C@@H](Nc2c(C(=O)OCC3CC3)cnc3[nH]ccc23)C1.C#CCC(=O)N1CC[C@@H](C)C(Nc2c(C(=O)O)cnc3[nH]ccc23)C1.CC1(F)CC1C(=O)N1CCCC(Nc2c(C(=O)OCC3CC3)cnc3[nH]ccc23)C1.CCC(=O)N1C[C@H](Nc2c(C(=O)OCC3CC3)cnc3[nH]ccc23)CC[C@@H]1C. The summed E-state index contributed by atoms with van der Waals surface area (Å²) in [6.45, 7) is 14.4. The lowest BCUT2D eigenvalue weighted by Gasteiger charge is -2.38. The number of alkyl halides is 1. The van der Waals surface area contributed by atoms with Crippen molar-refractivity contribution >= 4 is 143 Å². The van der Waals surface area contributed by atoms with Crippen LogP contribution in [-0.4, -0.2) is 265 Å². The van der Waals surface area contributed by atoms with Crippen molar-refractivity contribution in [2.45, 2.75) is 198 Å². The van der Waals surface area contributed by atoms with Crippen LogP contribution < -0.4 is 26.6 Å². The molecule has 36 heteroatoms. The van der Waals surface area contributed by atoms with Gasteiger partial charge in [0.05, 0.1) is 73.4 Å². The quantitative estimate of drug-likeness (QED) is 0.0136. The first-order chi connectivity index (χ1) is 65.2. The van der Waals surface area contributed by atoms with Gasteiger partial charge in [0.25, 0.3) is 0 Å². The van der Waals surface area contributed by atoms with Gasteiger partial charge in [-0.05, 0) is 171 Å². The van der Waals surface area contributed by atoms with E-state index >= 15 is 0 Å². The molecule has 9 aliphatic rings. The second-order valence-corrected chi connectivity index (χ2v) is 36.8. The van der Waals surface area contributed by atoms with Crippen molar-refractivity contribution in [2.24, 2.45) is 29.6 Å². The molecular weight excluding hydrogens is 1730 g/mol. The van der Waals surface area contributed by atoms with Crippen molar-refractivity contribution in [1.82, 2.24) is 74.3 Å². The maximum Gasteiger partial charge on any atom is 0.341 e. The average Bonchev–Trinajstić information content (AvgIpc) is 1.62. The molecule has 5 saturated heterocycles. The highest BCUT2D eigenvalue weighted by atomic mass is 19.1. The molecule has 12 N–H and O–H groups in total. The standard InChI is InChI=1S/C22H27FN4O3.C21H28N4O3.C21H24N4O3.C18H20N4O3.C17H18N4O3/c1-22(23)9-17(22)20(28)27-8-2-3-14(11-27)26-18-15-6-7-24-19(15)25-10-16(18)21(29)30-12-13-4-5-13;1-3-18(26)25-11-15(7-4-13(25)2)24-19-16-8-9-22-20(16)23-10-17(19)21(27)28-12-14-5-6-14;1-2-4-18(26)25-10-3-5-15(12-25)24-19-16-8-9-22-20(16)23-11-17(19)21(27)28-13-14-6-7-14;1-3-4-15(23)22-8-6-11(2)14(10-22)21-16-12-5-7-19-17(12)20-9-13(16)18(24)25;1-2-4-14(22)21-8-3-5-11(10-21)20-15-12-6-7-18-16(12)19-9-13(15)17(23)24/h6-7,10,13-14,17H,2-5,8-9,11-12H2,1H3,(H2,24,25,26);8-10,13-15H,3-7,11-12H2,1-2H3,(H2,22,23,24);1,8-9,11,14-15H,3-7,10,12-13H2,(H2,22,23,24);1,5,7,9,11,14H,4,6,8,10H2,2H3,(H,24,25)(H2,19,20,21);1,6-7,9,11H,3-5,8,10H2,(H,23,24)(H2,18,19,20)/t;13-,15+;15-;11-,14?;11-/m.0111/s1. The smallest absolute Gasteiger partial charge is 0.341 e. The number of halogens is 1. The molecule has 9 fully saturated rings. The first kappa shape index (κ1) is 95.4. The van der Waals surface area contributed by atoms with Crippen LogP contribution >= 0.6 is 0 Å². The molecule has 5 amide bonds. The van der Waals surface area contributed by atoms with Crippen LogP contribution in [0.5, 0.6) is 0 Å². The number of pyridine rings is 5. The van der Waals surface area contributed by atoms with Crippen LogP contribution in [-0.2, 0) is 38.2 Å². The Morgan fingerprint density at radius 3 is 1.08 bits per heavy atom. The summed E-state index contributed by atoms with van der Waals surface area (Å²) < 4.78 is 30.5. The fourth-order valence-corrected chi connectivity index (χ4v) is 18.0.